The van der Waals surface area contributed by atoms with Crippen molar-refractivity contribution >= 4 is 11.5 Å². The number of aromatic nitrogens is 1. The molecule has 0 radical (unpaired) electrons. The lowest BCUT2D eigenvalue weighted by Gasteiger charge is -2.05. The molecule has 14 heavy (non-hydrogen) atoms. The van der Waals surface area contributed by atoms with E-state index in [2.05, 4.69) is 4.98 Å². The van der Waals surface area contributed by atoms with Crippen LogP contribution in [0.5, 0.6) is 0 Å². The average Bonchev–Trinajstić information content (AvgIpc) is 2.18. The minimum Gasteiger partial charge on any atom is -0.398 e. The monoisotopic (exact) mass is 185 g/mol. The molecule has 4 N–H and O–H groups in total. The molecule has 1 aromatic carbocycles. The minimum atomic E-state index is 0.505. The van der Waals surface area contributed by atoms with E-state index < -0.39 is 0 Å². The molecule has 0 bridgehead atoms. The molecule has 0 unspecified atom stereocenters. The lowest BCUT2D eigenvalue weighted by atomic mass is 10.1. The molecule has 0 atom stereocenters. The van der Waals surface area contributed by atoms with Gasteiger partial charge in [-0.1, -0.05) is 18.2 Å². The summed E-state index contributed by atoms with van der Waals surface area (Å²) in [5.74, 6) is 0.505. The van der Waals surface area contributed by atoms with Gasteiger partial charge in [0.2, 0.25) is 0 Å². The number of anilines is 2. The first-order valence-corrected chi connectivity index (χ1v) is 4.34. The molecule has 0 fully saturated rings. The zero-order valence-corrected chi connectivity index (χ0v) is 7.64. The molecule has 0 amide bonds. The van der Waals surface area contributed by atoms with Crippen molar-refractivity contribution < 1.29 is 0 Å². The van der Waals surface area contributed by atoms with Crippen LogP contribution in [-0.2, 0) is 0 Å². The Balaban J connectivity index is 2.55. The van der Waals surface area contributed by atoms with Crippen LogP contribution in [0, 0.1) is 0 Å². The van der Waals surface area contributed by atoms with Crippen molar-refractivity contribution in [1.29, 1.82) is 0 Å². The van der Waals surface area contributed by atoms with Crippen molar-refractivity contribution in [2.24, 2.45) is 0 Å². The van der Waals surface area contributed by atoms with Crippen LogP contribution < -0.4 is 11.5 Å². The molecular weight excluding hydrogens is 174 g/mol. The standard InChI is InChI=1S/C11H11N3/c12-10-4-2-1-3-9(10)8-5-6-14-11(13)7-8/h1-7H,12H2,(H2,13,14). The van der Waals surface area contributed by atoms with Gasteiger partial charge in [0.25, 0.3) is 0 Å². The van der Waals surface area contributed by atoms with E-state index in [-0.39, 0.29) is 0 Å². The number of nitrogen functional groups attached to an aromatic ring is 2. The molecule has 0 aliphatic heterocycles. The van der Waals surface area contributed by atoms with E-state index in [1.807, 2.05) is 36.4 Å². The van der Waals surface area contributed by atoms with Crippen LogP contribution in [0.1, 0.15) is 0 Å². The number of rotatable bonds is 1. The molecule has 2 aromatic rings. The highest BCUT2D eigenvalue weighted by Crippen LogP contribution is 2.25. The molecular formula is C11H11N3. The molecule has 0 spiro atoms. The molecule has 0 aliphatic rings. The Morgan fingerprint density at radius 1 is 1.00 bits per heavy atom. The predicted octanol–water partition coefficient (Wildman–Crippen LogP) is 1.91. The van der Waals surface area contributed by atoms with Crippen molar-refractivity contribution in [3.8, 4) is 11.1 Å². The van der Waals surface area contributed by atoms with Gasteiger partial charge in [-0.2, -0.15) is 0 Å². The van der Waals surface area contributed by atoms with Crippen LogP contribution in [0.15, 0.2) is 42.6 Å². The van der Waals surface area contributed by atoms with Gasteiger partial charge in [-0.05, 0) is 23.8 Å². The van der Waals surface area contributed by atoms with E-state index in [1.54, 1.807) is 6.20 Å². The van der Waals surface area contributed by atoms with Crippen LogP contribution in [0.2, 0.25) is 0 Å². The zero-order valence-electron chi connectivity index (χ0n) is 7.64. The zero-order chi connectivity index (χ0) is 9.97. The lowest BCUT2D eigenvalue weighted by molar-refractivity contribution is 1.34. The average molecular weight is 185 g/mol. The van der Waals surface area contributed by atoms with Crippen LogP contribution in [0.4, 0.5) is 11.5 Å². The van der Waals surface area contributed by atoms with Crippen molar-refractivity contribution in [3.63, 3.8) is 0 Å². The largest absolute Gasteiger partial charge is 0.398 e. The molecule has 1 heterocycles. The van der Waals surface area contributed by atoms with Crippen molar-refractivity contribution in [2.75, 3.05) is 11.5 Å². The van der Waals surface area contributed by atoms with Gasteiger partial charge in [0.15, 0.2) is 0 Å². The molecule has 3 nitrogen and oxygen atoms in total. The Morgan fingerprint density at radius 3 is 2.50 bits per heavy atom. The smallest absolute Gasteiger partial charge is 0.123 e. The second-order valence-corrected chi connectivity index (χ2v) is 3.06. The summed E-state index contributed by atoms with van der Waals surface area (Å²) >= 11 is 0. The third-order valence-corrected chi connectivity index (χ3v) is 2.05. The summed E-state index contributed by atoms with van der Waals surface area (Å²) in [6.45, 7) is 0. The van der Waals surface area contributed by atoms with E-state index in [9.17, 15) is 0 Å². The first-order valence-electron chi connectivity index (χ1n) is 4.34. The summed E-state index contributed by atoms with van der Waals surface area (Å²) in [4.78, 5) is 3.93. The van der Waals surface area contributed by atoms with Crippen LogP contribution in [0.25, 0.3) is 11.1 Å². The van der Waals surface area contributed by atoms with E-state index in [4.69, 9.17) is 11.5 Å². The Bertz CT molecular complexity index is 452. The minimum absolute atomic E-state index is 0.505. The number of pyridine rings is 1. The van der Waals surface area contributed by atoms with Gasteiger partial charge in [0.1, 0.15) is 5.82 Å². The molecule has 2 rings (SSSR count). The summed E-state index contributed by atoms with van der Waals surface area (Å²) in [6.07, 6.45) is 1.68. The van der Waals surface area contributed by atoms with Crippen molar-refractivity contribution in [1.82, 2.24) is 4.98 Å². The highest BCUT2D eigenvalue weighted by Gasteiger charge is 2.01. The number of nitrogens with zero attached hydrogens (tertiary/aromatic N) is 1. The number of hydrogen-bond acceptors (Lipinski definition) is 3. The van der Waals surface area contributed by atoms with Crippen molar-refractivity contribution in [2.45, 2.75) is 0 Å². The SMILES string of the molecule is Nc1cc(-c2ccccc2N)ccn1. The maximum atomic E-state index is 5.84. The van der Waals surface area contributed by atoms with E-state index in [0.29, 0.717) is 5.82 Å². The molecule has 70 valence electrons. The highest BCUT2D eigenvalue weighted by atomic mass is 14.8. The Kier molecular flexibility index (Phi) is 2.07. The number of para-hydroxylation sites is 1. The Morgan fingerprint density at radius 2 is 1.79 bits per heavy atom. The summed E-state index contributed by atoms with van der Waals surface area (Å²) in [7, 11) is 0. The number of benzene rings is 1. The molecule has 1 aromatic heterocycles. The van der Waals surface area contributed by atoms with Gasteiger partial charge in [-0.3, -0.25) is 0 Å². The summed E-state index contributed by atoms with van der Waals surface area (Å²) in [6, 6.07) is 11.4. The molecule has 0 aliphatic carbocycles. The maximum absolute atomic E-state index is 5.84. The van der Waals surface area contributed by atoms with E-state index in [0.717, 1.165) is 16.8 Å². The normalized spacial score (nSPS) is 10.0. The third kappa shape index (κ3) is 1.52. The molecule has 3 heteroatoms. The summed E-state index contributed by atoms with van der Waals surface area (Å²) in [5.41, 5.74) is 14.2. The van der Waals surface area contributed by atoms with Gasteiger partial charge in [0, 0.05) is 17.4 Å². The van der Waals surface area contributed by atoms with Crippen LogP contribution in [-0.4, -0.2) is 4.98 Å². The third-order valence-electron chi connectivity index (χ3n) is 2.05. The predicted molar refractivity (Wildman–Crippen MR) is 58.5 cm³/mol. The Hall–Kier alpha value is -2.03. The second-order valence-electron chi connectivity index (χ2n) is 3.06. The number of nitrogens with two attached hydrogens (primary N) is 2. The number of hydrogen-bond donors (Lipinski definition) is 2. The van der Waals surface area contributed by atoms with Gasteiger partial charge in [-0.15, -0.1) is 0 Å². The summed E-state index contributed by atoms with van der Waals surface area (Å²) in [5, 5.41) is 0. The summed E-state index contributed by atoms with van der Waals surface area (Å²) < 4.78 is 0. The van der Waals surface area contributed by atoms with Gasteiger partial charge in [0.05, 0.1) is 0 Å². The van der Waals surface area contributed by atoms with Crippen LogP contribution in [0.3, 0.4) is 0 Å². The lowest BCUT2D eigenvalue weighted by Crippen LogP contribution is -1.92. The van der Waals surface area contributed by atoms with Gasteiger partial charge >= 0.3 is 0 Å². The van der Waals surface area contributed by atoms with E-state index >= 15 is 0 Å². The van der Waals surface area contributed by atoms with Gasteiger partial charge in [-0.25, -0.2) is 4.98 Å². The first-order chi connectivity index (χ1) is 6.77. The topological polar surface area (TPSA) is 64.9 Å². The van der Waals surface area contributed by atoms with Crippen LogP contribution >= 0.6 is 0 Å². The highest BCUT2D eigenvalue weighted by molar-refractivity contribution is 5.77. The fourth-order valence-electron chi connectivity index (χ4n) is 1.38. The van der Waals surface area contributed by atoms with E-state index in [1.165, 1.54) is 0 Å². The fraction of sp³-hybridized carbons (Fsp3) is 0. The first kappa shape index (κ1) is 8.56. The quantitative estimate of drug-likeness (QED) is 0.667. The fourth-order valence-corrected chi connectivity index (χ4v) is 1.38. The molecule has 0 saturated heterocycles. The van der Waals surface area contributed by atoms with Gasteiger partial charge < -0.3 is 11.5 Å². The second kappa shape index (κ2) is 3.38. The van der Waals surface area contributed by atoms with Crippen molar-refractivity contribution in [3.05, 3.63) is 42.6 Å². The molecule has 0 saturated carbocycles. The Labute approximate surface area is 82.4 Å². The maximum Gasteiger partial charge on any atom is 0.123 e.